The number of nitrogens with zero attached hydrogens (tertiary/aromatic N) is 1. The second-order valence-corrected chi connectivity index (χ2v) is 5.71. The number of para-hydroxylation sites is 1. The molecule has 1 aromatic rings. The van der Waals surface area contributed by atoms with Crippen molar-refractivity contribution in [2.75, 3.05) is 24.5 Å². The van der Waals surface area contributed by atoms with E-state index in [4.69, 9.17) is 11.6 Å². The van der Waals surface area contributed by atoms with Crippen molar-refractivity contribution in [2.24, 2.45) is 5.92 Å². The average molecular weight is 283 g/mol. The van der Waals surface area contributed by atoms with Gasteiger partial charge in [-0.1, -0.05) is 37.6 Å². The van der Waals surface area contributed by atoms with E-state index in [-0.39, 0.29) is 12.0 Å². The maximum atomic E-state index is 9.85. The van der Waals surface area contributed by atoms with Crippen LogP contribution in [0.15, 0.2) is 18.2 Å². The maximum Gasteiger partial charge on any atom is 0.0642 e. The van der Waals surface area contributed by atoms with Gasteiger partial charge in [0.15, 0.2) is 0 Å². The number of piperidine rings is 1. The fourth-order valence-corrected chi connectivity index (χ4v) is 2.97. The van der Waals surface area contributed by atoms with E-state index in [0.29, 0.717) is 0 Å². The third-order valence-electron chi connectivity index (χ3n) is 3.81. The molecule has 2 atom stereocenters. The highest BCUT2D eigenvalue weighted by Gasteiger charge is 2.26. The minimum absolute atomic E-state index is 0.184. The molecule has 1 aliphatic heterocycles. The molecule has 2 rings (SSSR count). The Morgan fingerprint density at radius 3 is 2.95 bits per heavy atom. The summed E-state index contributed by atoms with van der Waals surface area (Å²) in [5.41, 5.74) is 2.36. The standard InChI is InChI=1S/C15H23ClN2O/c1-3-17-9-12-5-4-6-13(16)15(12)18-8-7-14(19)11(2)10-18/h4-6,11,14,17,19H,3,7-10H2,1-2H3. The van der Waals surface area contributed by atoms with Crippen LogP contribution in [0.25, 0.3) is 0 Å². The van der Waals surface area contributed by atoms with Gasteiger partial charge in [-0.3, -0.25) is 0 Å². The van der Waals surface area contributed by atoms with Gasteiger partial charge < -0.3 is 15.3 Å². The first-order chi connectivity index (χ1) is 9.13. The fraction of sp³-hybridized carbons (Fsp3) is 0.600. The second-order valence-electron chi connectivity index (χ2n) is 5.31. The number of aliphatic hydroxyl groups is 1. The normalized spacial score (nSPS) is 23.7. The van der Waals surface area contributed by atoms with E-state index in [1.165, 1.54) is 5.56 Å². The lowest BCUT2D eigenvalue weighted by Crippen LogP contribution is -2.42. The number of anilines is 1. The van der Waals surface area contributed by atoms with Gasteiger partial charge in [-0.15, -0.1) is 0 Å². The van der Waals surface area contributed by atoms with Crippen molar-refractivity contribution >= 4 is 17.3 Å². The summed E-state index contributed by atoms with van der Waals surface area (Å²) in [6.45, 7) is 7.71. The summed E-state index contributed by atoms with van der Waals surface area (Å²) < 4.78 is 0. The third-order valence-corrected chi connectivity index (χ3v) is 4.12. The molecular weight excluding hydrogens is 260 g/mol. The van der Waals surface area contributed by atoms with E-state index in [2.05, 4.69) is 30.1 Å². The molecule has 19 heavy (non-hydrogen) atoms. The molecule has 0 amide bonds. The van der Waals surface area contributed by atoms with Gasteiger partial charge in [-0.05, 0) is 30.5 Å². The first-order valence-electron chi connectivity index (χ1n) is 7.04. The van der Waals surface area contributed by atoms with Gasteiger partial charge >= 0.3 is 0 Å². The molecule has 2 N–H and O–H groups in total. The van der Waals surface area contributed by atoms with Crippen molar-refractivity contribution in [3.63, 3.8) is 0 Å². The van der Waals surface area contributed by atoms with Gasteiger partial charge in [0.25, 0.3) is 0 Å². The molecule has 0 bridgehead atoms. The Bertz CT molecular complexity index is 425. The summed E-state index contributed by atoms with van der Waals surface area (Å²) in [6.07, 6.45) is 0.628. The zero-order valence-electron chi connectivity index (χ0n) is 11.7. The van der Waals surface area contributed by atoms with Crippen molar-refractivity contribution in [1.82, 2.24) is 5.32 Å². The van der Waals surface area contributed by atoms with E-state index in [1.807, 2.05) is 12.1 Å². The Kier molecular flexibility index (Phi) is 5.08. The highest BCUT2D eigenvalue weighted by Crippen LogP contribution is 2.33. The van der Waals surface area contributed by atoms with Crippen LogP contribution in [0.4, 0.5) is 5.69 Å². The van der Waals surface area contributed by atoms with Gasteiger partial charge in [0.05, 0.1) is 16.8 Å². The number of rotatable bonds is 4. The van der Waals surface area contributed by atoms with Crippen LogP contribution in [-0.2, 0) is 6.54 Å². The molecule has 0 aliphatic carbocycles. The average Bonchev–Trinajstić information content (AvgIpc) is 2.40. The van der Waals surface area contributed by atoms with E-state index >= 15 is 0 Å². The monoisotopic (exact) mass is 282 g/mol. The zero-order valence-corrected chi connectivity index (χ0v) is 12.5. The van der Waals surface area contributed by atoms with Crippen LogP contribution in [0.2, 0.25) is 5.02 Å². The first-order valence-corrected chi connectivity index (χ1v) is 7.42. The van der Waals surface area contributed by atoms with Crippen LogP contribution >= 0.6 is 11.6 Å². The zero-order chi connectivity index (χ0) is 13.8. The van der Waals surface area contributed by atoms with Gasteiger partial charge in [-0.2, -0.15) is 0 Å². The molecule has 3 nitrogen and oxygen atoms in total. The lowest BCUT2D eigenvalue weighted by molar-refractivity contribution is 0.0970. The van der Waals surface area contributed by atoms with Crippen molar-refractivity contribution in [2.45, 2.75) is 32.9 Å². The second kappa shape index (κ2) is 6.60. The Hall–Kier alpha value is -0.770. The topological polar surface area (TPSA) is 35.5 Å². The predicted octanol–water partition coefficient (Wildman–Crippen LogP) is 2.66. The van der Waals surface area contributed by atoms with Crippen LogP contribution in [0.1, 0.15) is 25.8 Å². The molecule has 2 unspecified atom stereocenters. The Morgan fingerprint density at radius 2 is 2.26 bits per heavy atom. The summed E-state index contributed by atoms with van der Waals surface area (Å²) in [7, 11) is 0. The molecule has 0 saturated carbocycles. The third kappa shape index (κ3) is 3.41. The molecular formula is C15H23ClN2O. The number of hydrogen-bond acceptors (Lipinski definition) is 3. The van der Waals surface area contributed by atoms with Gasteiger partial charge in [-0.25, -0.2) is 0 Å². The summed E-state index contributed by atoms with van der Waals surface area (Å²) in [4.78, 5) is 2.31. The molecule has 1 aliphatic rings. The van der Waals surface area contributed by atoms with Crippen LogP contribution in [0.3, 0.4) is 0 Å². The fourth-order valence-electron chi connectivity index (χ4n) is 2.65. The van der Waals surface area contributed by atoms with Gasteiger partial charge in [0.1, 0.15) is 0 Å². The van der Waals surface area contributed by atoms with E-state index in [0.717, 1.165) is 43.3 Å². The molecule has 1 aromatic carbocycles. The van der Waals surface area contributed by atoms with Crippen LogP contribution in [0.5, 0.6) is 0 Å². The number of benzene rings is 1. The molecule has 0 radical (unpaired) electrons. The quantitative estimate of drug-likeness (QED) is 0.891. The number of halogens is 1. The molecule has 1 saturated heterocycles. The van der Waals surface area contributed by atoms with Crippen LogP contribution in [0, 0.1) is 5.92 Å². The van der Waals surface area contributed by atoms with Crippen molar-refractivity contribution in [1.29, 1.82) is 0 Å². The van der Waals surface area contributed by atoms with Crippen molar-refractivity contribution in [3.8, 4) is 0 Å². The smallest absolute Gasteiger partial charge is 0.0642 e. The molecule has 0 spiro atoms. The van der Waals surface area contributed by atoms with E-state index in [9.17, 15) is 5.11 Å². The molecule has 1 fully saturated rings. The molecule has 0 aromatic heterocycles. The highest BCUT2D eigenvalue weighted by atomic mass is 35.5. The summed E-state index contributed by atoms with van der Waals surface area (Å²) in [5, 5.41) is 14.0. The largest absolute Gasteiger partial charge is 0.393 e. The molecule has 4 heteroatoms. The minimum atomic E-state index is -0.184. The summed E-state index contributed by atoms with van der Waals surface area (Å²) in [6, 6.07) is 6.07. The Balaban J connectivity index is 2.22. The number of hydrogen-bond donors (Lipinski definition) is 2. The SMILES string of the molecule is CCNCc1cccc(Cl)c1N1CCC(O)C(C)C1. The maximum absolute atomic E-state index is 9.85. The number of nitrogens with one attached hydrogen (secondary N) is 1. The van der Waals surface area contributed by atoms with E-state index < -0.39 is 0 Å². The summed E-state index contributed by atoms with van der Waals surface area (Å²) in [5.74, 6) is 0.289. The molecule has 106 valence electrons. The Morgan fingerprint density at radius 1 is 1.47 bits per heavy atom. The lowest BCUT2D eigenvalue weighted by atomic mass is 9.95. The van der Waals surface area contributed by atoms with Gasteiger partial charge in [0.2, 0.25) is 0 Å². The predicted molar refractivity (Wildman–Crippen MR) is 80.8 cm³/mol. The van der Waals surface area contributed by atoms with Gasteiger partial charge in [0, 0.05) is 19.6 Å². The van der Waals surface area contributed by atoms with Crippen molar-refractivity contribution in [3.05, 3.63) is 28.8 Å². The van der Waals surface area contributed by atoms with Crippen LogP contribution < -0.4 is 10.2 Å². The minimum Gasteiger partial charge on any atom is -0.393 e. The lowest BCUT2D eigenvalue weighted by Gasteiger charge is -2.37. The van der Waals surface area contributed by atoms with Crippen LogP contribution in [-0.4, -0.2) is 30.8 Å². The summed E-state index contributed by atoms with van der Waals surface area (Å²) >= 11 is 6.39. The van der Waals surface area contributed by atoms with Crippen molar-refractivity contribution < 1.29 is 5.11 Å². The number of aliphatic hydroxyl groups excluding tert-OH is 1. The highest BCUT2D eigenvalue weighted by molar-refractivity contribution is 6.33. The molecule has 1 heterocycles. The van der Waals surface area contributed by atoms with E-state index in [1.54, 1.807) is 0 Å². The first kappa shape index (κ1) is 14.6. The Labute approximate surface area is 120 Å².